The van der Waals surface area contributed by atoms with Gasteiger partial charge in [-0.15, -0.1) is 0 Å². The summed E-state index contributed by atoms with van der Waals surface area (Å²) in [5.74, 6) is -1.17. The smallest absolute Gasteiger partial charge is 0.341 e. The van der Waals surface area contributed by atoms with Crippen molar-refractivity contribution in [2.75, 3.05) is 17.5 Å². The van der Waals surface area contributed by atoms with Gasteiger partial charge in [-0.05, 0) is 25.5 Å². The average Bonchev–Trinajstić information content (AvgIpc) is 2.43. The second-order valence-corrected chi connectivity index (χ2v) is 6.51. The zero-order chi connectivity index (χ0) is 16.8. The van der Waals surface area contributed by atoms with Crippen LogP contribution in [0.15, 0.2) is 24.3 Å². The Balaban J connectivity index is 2.83. The Morgan fingerprint density at radius 3 is 2.50 bits per heavy atom. The maximum absolute atomic E-state index is 12.1. The summed E-state index contributed by atoms with van der Waals surface area (Å²) in [7, 11) is -3.53. The van der Waals surface area contributed by atoms with E-state index in [4.69, 9.17) is 4.74 Å². The Bertz CT molecular complexity index is 642. The first-order valence-corrected chi connectivity index (χ1v) is 8.69. The van der Waals surface area contributed by atoms with Gasteiger partial charge in [0, 0.05) is 6.54 Å². The van der Waals surface area contributed by atoms with E-state index in [9.17, 15) is 18.0 Å². The van der Waals surface area contributed by atoms with Crippen LogP contribution in [-0.4, -0.2) is 39.2 Å². The van der Waals surface area contributed by atoms with Crippen molar-refractivity contribution in [1.29, 1.82) is 0 Å². The number of esters is 1. The number of para-hydroxylation sites is 1. The molecular formula is C14H20N2O5S. The van der Waals surface area contributed by atoms with Crippen molar-refractivity contribution >= 4 is 27.6 Å². The highest BCUT2D eigenvalue weighted by Crippen LogP contribution is 2.18. The van der Waals surface area contributed by atoms with Crippen molar-refractivity contribution in [3.63, 3.8) is 0 Å². The zero-order valence-electron chi connectivity index (χ0n) is 12.8. The Morgan fingerprint density at radius 2 is 1.91 bits per heavy atom. The van der Waals surface area contributed by atoms with E-state index >= 15 is 0 Å². The van der Waals surface area contributed by atoms with Crippen molar-refractivity contribution in [2.24, 2.45) is 0 Å². The summed E-state index contributed by atoms with van der Waals surface area (Å²) >= 11 is 0. The van der Waals surface area contributed by atoms with Crippen molar-refractivity contribution in [3.8, 4) is 0 Å². The van der Waals surface area contributed by atoms with E-state index in [-0.39, 0.29) is 11.3 Å². The number of rotatable bonds is 7. The van der Waals surface area contributed by atoms with E-state index in [2.05, 4.69) is 10.0 Å². The molecule has 1 amide bonds. The molecule has 0 aromatic heterocycles. The molecule has 0 radical (unpaired) electrons. The molecule has 122 valence electrons. The number of carbonyl (C=O) groups excluding carboxylic acids is 2. The largest absolute Gasteiger partial charge is 0.449 e. The first kappa shape index (κ1) is 18.0. The average molecular weight is 328 g/mol. The van der Waals surface area contributed by atoms with Gasteiger partial charge in [0.25, 0.3) is 5.91 Å². The third-order valence-corrected chi connectivity index (χ3v) is 3.24. The molecule has 0 aliphatic heterocycles. The molecule has 0 fully saturated rings. The molecule has 1 rings (SSSR count). The molecule has 0 bridgehead atoms. The summed E-state index contributed by atoms with van der Waals surface area (Å²) in [5, 5.41) is 2.61. The lowest BCUT2D eigenvalue weighted by Gasteiger charge is -2.15. The summed E-state index contributed by atoms with van der Waals surface area (Å²) in [5.41, 5.74) is 0.152. The monoisotopic (exact) mass is 328 g/mol. The molecule has 1 atom stereocenters. The number of benzene rings is 1. The number of carbonyl (C=O) groups is 2. The van der Waals surface area contributed by atoms with E-state index in [0.717, 1.165) is 12.7 Å². The minimum Gasteiger partial charge on any atom is -0.449 e. The molecule has 0 saturated heterocycles. The molecule has 2 N–H and O–H groups in total. The highest BCUT2D eigenvalue weighted by molar-refractivity contribution is 7.92. The highest BCUT2D eigenvalue weighted by Gasteiger charge is 2.21. The van der Waals surface area contributed by atoms with Gasteiger partial charge in [-0.3, -0.25) is 9.52 Å². The molecule has 0 unspecified atom stereocenters. The minimum absolute atomic E-state index is 0.0445. The van der Waals surface area contributed by atoms with Gasteiger partial charge in [0.15, 0.2) is 6.10 Å². The van der Waals surface area contributed by atoms with E-state index in [0.29, 0.717) is 6.54 Å². The van der Waals surface area contributed by atoms with Crippen LogP contribution in [0.5, 0.6) is 0 Å². The summed E-state index contributed by atoms with van der Waals surface area (Å²) < 4.78 is 29.9. The number of hydrogen-bond acceptors (Lipinski definition) is 5. The second-order valence-electron chi connectivity index (χ2n) is 4.76. The van der Waals surface area contributed by atoms with Gasteiger partial charge in [0.1, 0.15) is 0 Å². The topological polar surface area (TPSA) is 102 Å². The highest BCUT2D eigenvalue weighted by atomic mass is 32.2. The first-order chi connectivity index (χ1) is 10.2. The summed E-state index contributed by atoms with van der Waals surface area (Å²) in [6, 6.07) is 6.03. The van der Waals surface area contributed by atoms with Crippen LogP contribution in [0.1, 0.15) is 30.6 Å². The normalized spacial score (nSPS) is 12.3. The molecule has 0 aliphatic carbocycles. The fraction of sp³-hybridized carbons (Fsp3) is 0.429. The maximum Gasteiger partial charge on any atom is 0.341 e. The van der Waals surface area contributed by atoms with E-state index in [1.807, 2.05) is 6.92 Å². The fourth-order valence-electron chi connectivity index (χ4n) is 1.62. The van der Waals surface area contributed by atoms with Crippen LogP contribution in [0.2, 0.25) is 0 Å². The van der Waals surface area contributed by atoms with Crippen LogP contribution in [-0.2, 0) is 19.6 Å². The third-order valence-electron chi connectivity index (χ3n) is 2.64. The lowest BCUT2D eigenvalue weighted by atomic mass is 10.2. The van der Waals surface area contributed by atoms with Crippen molar-refractivity contribution < 1.29 is 22.7 Å². The van der Waals surface area contributed by atoms with Crippen molar-refractivity contribution in [2.45, 2.75) is 26.4 Å². The molecule has 0 spiro atoms. The molecule has 1 aromatic carbocycles. The summed E-state index contributed by atoms with van der Waals surface area (Å²) in [6.45, 7) is 3.85. The van der Waals surface area contributed by atoms with Gasteiger partial charge < -0.3 is 10.1 Å². The van der Waals surface area contributed by atoms with Crippen LogP contribution in [0, 0.1) is 0 Å². The fourth-order valence-corrected chi connectivity index (χ4v) is 2.20. The minimum atomic E-state index is -3.53. The van der Waals surface area contributed by atoms with Crippen LogP contribution < -0.4 is 10.0 Å². The van der Waals surface area contributed by atoms with Gasteiger partial charge in [-0.1, -0.05) is 19.1 Å². The van der Waals surface area contributed by atoms with E-state index in [1.165, 1.54) is 19.1 Å². The maximum atomic E-state index is 12.1. The Kier molecular flexibility index (Phi) is 6.36. The molecule has 7 nitrogen and oxygen atoms in total. The van der Waals surface area contributed by atoms with Crippen LogP contribution in [0.4, 0.5) is 5.69 Å². The summed E-state index contributed by atoms with van der Waals surface area (Å²) in [4.78, 5) is 23.8. The lowest BCUT2D eigenvalue weighted by molar-refractivity contribution is -0.129. The van der Waals surface area contributed by atoms with Gasteiger partial charge >= 0.3 is 5.97 Å². The molecule has 0 heterocycles. The molecular weight excluding hydrogens is 308 g/mol. The number of ether oxygens (including phenoxy) is 1. The number of anilines is 1. The quantitative estimate of drug-likeness (QED) is 0.731. The first-order valence-electron chi connectivity index (χ1n) is 6.80. The zero-order valence-corrected chi connectivity index (χ0v) is 13.6. The molecule has 22 heavy (non-hydrogen) atoms. The van der Waals surface area contributed by atoms with E-state index in [1.54, 1.807) is 12.1 Å². The van der Waals surface area contributed by atoms with Gasteiger partial charge in [-0.2, -0.15) is 0 Å². The molecule has 1 aromatic rings. The predicted molar refractivity (Wildman–Crippen MR) is 83.1 cm³/mol. The Morgan fingerprint density at radius 1 is 1.27 bits per heavy atom. The van der Waals surface area contributed by atoms with Crippen LogP contribution in [0.3, 0.4) is 0 Å². The van der Waals surface area contributed by atoms with E-state index < -0.39 is 28.0 Å². The standard InChI is InChI=1S/C14H20N2O5S/c1-4-9-15-13(17)10(2)21-14(18)11-7-5-6-8-12(11)16-22(3,19)20/h5-8,10,16H,4,9H2,1-3H3,(H,15,17)/t10-/m0/s1. The summed E-state index contributed by atoms with van der Waals surface area (Å²) in [6.07, 6.45) is 0.786. The number of nitrogens with one attached hydrogen (secondary N) is 2. The molecule has 0 aliphatic rings. The lowest BCUT2D eigenvalue weighted by Crippen LogP contribution is -2.36. The van der Waals surface area contributed by atoms with Crippen LogP contribution in [0.25, 0.3) is 0 Å². The van der Waals surface area contributed by atoms with Gasteiger partial charge in [-0.25, -0.2) is 13.2 Å². The molecule has 8 heteroatoms. The van der Waals surface area contributed by atoms with Gasteiger partial charge in [0.2, 0.25) is 10.0 Å². The third kappa shape index (κ3) is 5.72. The predicted octanol–water partition coefficient (Wildman–Crippen LogP) is 1.13. The Labute approximate surface area is 130 Å². The second kappa shape index (κ2) is 7.79. The van der Waals surface area contributed by atoms with Crippen molar-refractivity contribution in [3.05, 3.63) is 29.8 Å². The number of amides is 1. The SMILES string of the molecule is CCCNC(=O)[C@H](C)OC(=O)c1ccccc1NS(C)(=O)=O. The molecule has 0 saturated carbocycles. The van der Waals surface area contributed by atoms with Crippen LogP contribution >= 0.6 is 0 Å². The van der Waals surface area contributed by atoms with Gasteiger partial charge in [0.05, 0.1) is 17.5 Å². The van der Waals surface area contributed by atoms with Crippen molar-refractivity contribution in [1.82, 2.24) is 5.32 Å². The number of hydrogen-bond donors (Lipinski definition) is 2. The number of sulfonamides is 1. The Hall–Kier alpha value is -2.09.